The van der Waals surface area contributed by atoms with Gasteiger partial charge in [-0.1, -0.05) is 19.3 Å². The summed E-state index contributed by atoms with van der Waals surface area (Å²) in [6, 6.07) is 0.392. The number of fused-ring (bicyclic) bond motifs is 1. The summed E-state index contributed by atoms with van der Waals surface area (Å²) in [4.78, 5) is 25.0. The molecule has 14 heteroatoms. The van der Waals surface area contributed by atoms with Crippen LogP contribution >= 0.6 is 0 Å². The lowest BCUT2D eigenvalue weighted by Crippen LogP contribution is -2.54. The highest BCUT2D eigenvalue weighted by atomic mass is 19.4. The summed E-state index contributed by atoms with van der Waals surface area (Å²) < 4.78 is 69.7. The standard InChI is InChI=1S/C24H26F5N7O2/c1-34-21-15(19(33-34)14-11-16(24(27,28)29)18(26)20(37)17(14)25)12-30-22(32-21)35-7-9-36(10-8-35)23(38)31-13-5-3-2-4-6-13/h11-13,37H,2-10H2,1H3,(H,31,38). The molecule has 2 fully saturated rings. The van der Waals surface area contributed by atoms with Crippen LogP contribution in [0.5, 0.6) is 5.75 Å². The number of hydrogen-bond donors (Lipinski definition) is 2. The zero-order valence-corrected chi connectivity index (χ0v) is 20.5. The number of phenols is 1. The van der Waals surface area contributed by atoms with Crippen molar-refractivity contribution in [3.63, 3.8) is 0 Å². The van der Waals surface area contributed by atoms with Crippen molar-refractivity contribution in [2.24, 2.45) is 7.05 Å². The lowest BCUT2D eigenvalue weighted by molar-refractivity contribution is -0.140. The highest BCUT2D eigenvalue weighted by Crippen LogP contribution is 2.41. The van der Waals surface area contributed by atoms with Crippen molar-refractivity contribution in [1.29, 1.82) is 0 Å². The molecule has 0 unspecified atom stereocenters. The number of carbonyl (C=O) groups excluding carboxylic acids is 1. The molecule has 2 aromatic heterocycles. The molecule has 5 rings (SSSR count). The number of benzene rings is 1. The van der Waals surface area contributed by atoms with Crippen LogP contribution in [0.2, 0.25) is 0 Å². The minimum atomic E-state index is -5.16. The Bertz CT molecular complexity index is 1360. The monoisotopic (exact) mass is 539 g/mol. The molecule has 38 heavy (non-hydrogen) atoms. The number of amides is 2. The minimum Gasteiger partial charge on any atom is -0.503 e. The third-order valence-electron chi connectivity index (χ3n) is 7.09. The molecule has 2 amide bonds. The molecular weight excluding hydrogens is 513 g/mol. The van der Waals surface area contributed by atoms with E-state index in [1.165, 1.54) is 24.3 Å². The van der Waals surface area contributed by atoms with Gasteiger partial charge in [0.2, 0.25) is 5.95 Å². The number of carbonyl (C=O) groups is 1. The molecule has 1 saturated carbocycles. The van der Waals surface area contributed by atoms with Gasteiger partial charge in [0.25, 0.3) is 0 Å². The van der Waals surface area contributed by atoms with Gasteiger partial charge in [0, 0.05) is 51.0 Å². The van der Waals surface area contributed by atoms with E-state index in [1.807, 2.05) is 4.90 Å². The second-order valence-electron chi connectivity index (χ2n) is 9.58. The van der Waals surface area contributed by atoms with Crippen molar-refractivity contribution in [3.8, 4) is 17.0 Å². The van der Waals surface area contributed by atoms with Gasteiger partial charge in [-0.2, -0.15) is 23.3 Å². The Hall–Kier alpha value is -3.71. The van der Waals surface area contributed by atoms with Crippen LogP contribution in [0.25, 0.3) is 22.3 Å². The topological polar surface area (TPSA) is 99.4 Å². The van der Waals surface area contributed by atoms with Crippen LogP contribution < -0.4 is 10.2 Å². The van der Waals surface area contributed by atoms with Gasteiger partial charge in [-0.3, -0.25) is 0 Å². The fraction of sp³-hybridized carbons (Fsp3) is 0.500. The maximum atomic E-state index is 14.7. The Morgan fingerprint density at radius 3 is 2.42 bits per heavy atom. The molecule has 1 aliphatic heterocycles. The number of aromatic nitrogens is 4. The molecule has 2 N–H and O–H groups in total. The van der Waals surface area contributed by atoms with Crippen LogP contribution in [0.4, 0.5) is 32.7 Å². The molecular formula is C24H26F5N7O2. The van der Waals surface area contributed by atoms with Gasteiger partial charge in [-0.15, -0.1) is 0 Å². The summed E-state index contributed by atoms with van der Waals surface area (Å²) in [5.74, 6) is -5.08. The summed E-state index contributed by atoms with van der Waals surface area (Å²) in [5.41, 5.74) is -2.60. The van der Waals surface area contributed by atoms with E-state index in [-0.39, 0.29) is 34.9 Å². The van der Waals surface area contributed by atoms with Crippen molar-refractivity contribution < 1.29 is 31.9 Å². The van der Waals surface area contributed by atoms with Gasteiger partial charge in [-0.05, 0) is 18.9 Å². The van der Waals surface area contributed by atoms with Gasteiger partial charge in [0.05, 0.1) is 10.9 Å². The molecule has 3 heterocycles. The fourth-order valence-electron chi connectivity index (χ4n) is 5.00. The fourth-order valence-corrected chi connectivity index (χ4v) is 5.00. The second-order valence-corrected chi connectivity index (χ2v) is 9.58. The van der Waals surface area contributed by atoms with E-state index in [2.05, 4.69) is 20.4 Å². The van der Waals surface area contributed by atoms with Crippen molar-refractivity contribution in [2.45, 2.75) is 44.3 Å². The molecule has 1 aliphatic carbocycles. The van der Waals surface area contributed by atoms with Crippen LogP contribution in [0, 0.1) is 11.6 Å². The van der Waals surface area contributed by atoms with E-state index in [4.69, 9.17) is 0 Å². The zero-order valence-electron chi connectivity index (χ0n) is 20.5. The van der Waals surface area contributed by atoms with E-state index < -0.39 is 34.7 Å². The summed E-state index contributed by atoms with van der Waals surface area (Å²) in [6.45, 7) is 1.83. The van der Waals surface area contributed by atoms with E-state index in [0.717, 1.165) is 25.7 Å². The second kappa shape index (κ2) is 9.87. The van der Waals surface area contributed by atoms with Crippen molar-refractivity contribution in [2.75, 3.05) is 31.1 Å². The third kappa shape index (κ3) is 4.78. The average molecular weight is 540 g/mol. The van der Waals surface area contributed by atoms with E-state index in [0.29, 0.717) is 32.1 Å². The Kier molecular flexibility index (Phi) is 6.73. The Labute approximate surface area is 214 Å². The maximum Gasteiger partial charge on any atom is 0.419 e. The highest BCUT2D eigenvalue weighted by Gasteiger charge is 2.38. The van der Waals surface area contributed by atoms with Crippen LogP contribution in [-0.2, 0) is 13.2 Å². The van der Waals surface area contributed by atoms with Crippen LogP contribution in [0.1, 0.15) is 37.7 Å². The first kappa shape index (κ1) is 25.9. The number of halogens is 5. The first-order valence-electron chi connectivity index (χ1n) is 12.3. The predicted molar refractivity (Wildman–Crippen MR) is 128 cm³/mol. The highest BCUT2D eigenvalue weighted by molar-refractivity contribution is 5.91. The molecule has 0 spiro atoms. The molecule has 2 aliphatic rings. The first-order chi connectivity index (χ1) is 18.0. The molecule has 3 aromatic rings. The maximum absolute atomic E-state index is 14.7. The zero-order chi connectivity index (χ0) is 27.2. The summed E-state index contributed by atoms with van der Waals surface area (Å²) >= 11 is 0. The Balaban J connectivity index is 1.36. The Morgan fingerprint density at radius 1 is 1.08 bits per heavy atom. The quantitative estimate of drug-likeness (QED) is 0.485. The van der Waals surface area contributed by atoms with Crippen LogP contribution in [0.3, 0.4) is 0 Å². The molecule has 0 radical (unpaired) electrons. The SMILES string of the molecule is Cn1nc(-c2cc(C(F)(F)F)c(F)c(O)c2F)c2cnc(N3CCN(C(=O)NC4CCCCC4)CC3)nc21. The number of alkyl halides is 3. The first-order valence-corrected chi connectivity index (χ1v) is 12.3. The molecule has 0 atom stereocenters. The largest absolute Gasteiger partial charge is 0.503 e. The van der Waals surface area contributed by atoms with E-state index in [9.17, 15) is 31.9 Å². The van der Waals surface area contributed by atoms with E-state index in [1.54, 1.807) is 4.90 Å². The lowest BCUT2D eigenvalue weighted by atomic mass is 9.96. The van der Waals surface area contributed by atoms with Gasteiger partial charge in [-0.25, -0.2) is 23.2 Å². The summed E-state index contributed by atoms with van der Waals surface area (Å²) in [6.07, 6.45) is 1.56. The van der Waals surface area contributed by atoms with Gasteiger partial charge in [0.15, 0.2) is 23.0 Å². The predicted octanol–water partition coefficient (Wildman–Crippen LogP) is 4.20. The number of nitrogens with one attached hydrogen (secondary N) is 1. The number of aromatic hydroxyl groups is 1. The summed E-state index contributed by atoms with van der Waals surface area (Å²) in [7, 11) is 1.47. The van der Waals surface area contributed by atoms with Gasteiger partial charge < -0.3 is 20.2 Å². The third-order valence-corrected chi connectivity index (χ3v) is 7.09. The molecule has 204 valence electrons. The number of piperazine rings is 1. The number of phenolic OH excluding ortho intramolecular Hbond substituents is 1. The number of urea groups is 1. The number of aryl methyl sites for hydroxylation is 1. The molecule has 1 aromatic carbocycles. The molecule has 9 nitrogen and oxygen atoms in total. The molecule has 1 saturated heterocycles. The van der Waals surface area contributed by atoms with Crippen molar-refractivity contribution >= 4 is 23.0 Å². The molecule has 0 bridgehead atoms. The minimum absolute atomic E-state index is 0.0907. The number of nitrogens with zero attached hydrogens (tertiary/aromatic N) is 6. The summed E-state index contributed by atoms with van der Waals surface area (Å²) in [5, 5.41) is 17.0. The average Bonchev–Trinajstić information content (AvgIpc) is 3.22. The number of anilines is 1. The Morgan fingerprint density at radius 2 is 1.76 bits per heavy atom. The number of rotatable bonds is 3. The van der Waals surface area contributed by atoms with Gasteiger partial charge >= 0.3 is 12.2 Å². The van der Waals surface area contributed by atoms with Gasteiger partial charge in [0.1, 0.15) is 5.69 Å². The van der Waals surface area contributed by atoms with Crippen molar-refractivity contribution in [3.05, 3.63) is 29.5 Å². The smallest absolute Gasteiger partial charge is 0.419 e. The van der Waals surface area contributed by atoms with Crippen molar-refractivity contribution in [1.82, 2.24) is 30.0 Å². The number of hydrogen-bond acceptors (Lipinski definition) is 6. The van der Waals surface area contributed by atoms with Crippen LogP contribution in [0.15, 0.2) is 12.3 Å². The van der Waals surface area contributed by atoms with E-state index >= 15 is 0 Å². The normalized spacial score (nSPS) is 17.3. The lowest BCUT2D eigenvalue weighted by Gasteiger charge is -2.36. The van der Waals surface area contributed by atoms with Crippen LogP contribution in [-0.4, -0.2) is 68.0 Å².